The molecule has 0 spiro atoms. The van der Waals surface area contributed by atoms with Crippen LogP contribution in [0.2, 0.25) is 0 Å². The van der Waals surface area contributed by atoms with E-state index in [0.717, 1.165) is 10.7 Å². The highest BCUT2D eigenvalue weighted by Crippen LogP contribution is 2.25. The highest BCUT2D eigenvalue weighted by atomic mass is 32.2. The molecule has 140 valence electrons. The van der Waals surface area contributed by atoms with Gasteiger partial charge in [-0.2, -0.15) is 4.31 Å². The van der Waals surface area contributed by atoms with Crippen LogP contribution in [0.3, 0.4) is 0 Å². The molecule has 1 heterocycles. The van der Waals surface area contributed by atoms with Gasteiger partial charge in [0.15, 0.2) is 0 Å². The molecule has 2 rings (SSSR count). The summed E-state index contributed by atoms with van der Waals surface area (Å²) in [5, 5.41) is 8.99. The zero-order valence-corrected chi connectivity index (χ0v) is 15.5. The molecule has 10 heteroatoms. The van der Waals surface area contributed by atoms with Gasteiger partial charge in [-0.15, -0.1) is 0 Å². The average molecular weight is 390 g/mol. The summed E-state index contributed by atoms with van der Waals surface area (Å²) < 4.78 is 52.3. The van der Waals surface area contributed by atoms with Crippen molar-refractivity contribution in [3.05, 3.63) is 24.3 Å². The van der Waals surface area contributed by atoms with E-state index in [1.165, 1.54) is 24.3 Å². The number of carboxylic acid groups (broad SMARTS) is 1. The molecule has 0 aliphatic carbocycles. The fourth-order valence-corrected chi connectivity index (χ4v) is 5.32. The van der Waals surface area contributed by atoms with E-state index < -0.39 is 31.9 Å². The summed E-state index contributed by atoms with van der Waals surface area (Å²) in [7, 11) is -7.24. The van der Waals surface area contributed by atoms with Gasteiger partial charge in [0.1, 0.15) is 0 Å². The zero-order valence-electron chi connectivity index (χ0n) is 13.9. The fourth-order valence-electron chi connectivity index (χ4n) is 2.56. The number of nitrogens with zero attached hydrogens (tertiary/aromatic N) is 1. The lowest BCUT2D eigenvalue weighted by Crippen LogP contribution is -2.30. The summed E-state index contributed by atoms with van der Waals surface area (Å²) >= 11 is 0. The summed E-state index contributed by atoms with van der Waals surface area (Å²) in [5.41, 5.74) is 0.292. The third kappa shape index (κ3) is 4.93. The number of hydrogen-bond acceptors (Lipinski definition) is 5. The van der Waals surface area contributed by atoms with Crippen molar-refractivity contribution in [1.82, 2.24) is 4.31 Å². The SMILES string of the molecule is CCCCS(=O)(=O)Nc1ccc(S(=O)(=O)N2CCC(C(=O)O)C2)cc1. The van der Waals surface area contributed by atoms with Crippen molar-refractivity contribution in [2.75, 3.05) is 23.6 Å². The van der Waals surface area contributed by atoms with E-state index >= 15 is 0 Å². The van der Waals surface area contributed by atoms with Crippen LogP contribution in [0.1, 0.15) is 26.2 Å². The molecule has 1 atom stereocenters. The molecule has 0 amide bonds. The first-order valence-electron chi connectivity index (χ1n) is 7.99. The van der Waals surface area contributed by atoms with Gasteiger partial charge in [0.05, 0.1) is 16.6 Å². The van der Waals surface area contributed by atoms with Crippen LogP contribution < -0.4 is 4.72 Å². The maximum Gasteiger partial charge on any atom is 0.307 e. The third-order valence-corrected chi connectivity index (χ3v) is 7.28. The van der Waals surface area contributed by atoms with Crippen molar-refractivity contribution in [2.24, 2.45) is 5.92 Å². The van der Waals surface area contributed by atoms with E-state index in [4.69, 9.17) is 5.11 Å². The molecule has 0 bridgehead atoms. The van der Waals surface area contributed by atoms with Crippen LogP contribution >= 0.6 is 0 Å². The number of anilines is 1. The smallest absolute Gasteiger partial charge is 0.307 e. The van der Waals surface area contributed by atoms with Gasteiger partial charge in [-0.25, -0.2) is 16.8 Å². The van der Waals surface area contributed by atoms with E-state index in [2.05, 4.69) is 4.72 Å². The first-order valence-corrected chi connectivity index (χ1v) is 11.1. The summed E-state index contributed by atoms with van der Waals surface area (Å²) in [6.07, 6.45) is 1.58. The molecule has 0 aromatic heterocycles. The first kappa shape index (κ1) is 19.7. The number of aliphatic carboxylic acids is 1. The highest BCUT2D eigenvalue weighted by Gasteiger charge is 2.35. The second kappa shape index (κ2) is 7.71. The lowest BCUT2D eigenvalue weighted by atomic mass is 10.1. The van der Waals surface area contributed by atoms with Crippen molar-refractivity contribution < 1.29 is 26.7 Å². The number of benzene rings is 1. The van der Waals surface area contributed by atoms with Gasteiger partial charge in [-0.05, 0) is 37.1 Å². The lowest BCUT2D eigenvalue weighted by molar-refractivity contribution is -0.141. The molecule has 1 saturated heterocycles. The Balaban J connectivity index is 2.10. The Morgan fingerprint density at radius 1 is 1.24 bits per heavy atom. The van der Waals surface area contributed by atoms with Crippen LogP contribution in [0.15, 0.2) is 29.2 Å². The fraction of sp³-hybridized carbons (Fsp3) is 0.533. The molecule has 0 radical (unpaired) electrons. The Hall–Kier alpha value is -1.65. The van der Waals surface area contributed by atoms with Gasteiger partial charge in [0.2, 0.25) is 20.0 Å². The van der Waals surface area contributed by atoms with Crippen LogP contribution in [0.25, 0.3) is 0 Å². The number of carboxylic acids is 1. The Morgan fingerprint density at radius 3 is 2.40 bits per heavy atom. The molecular weight excluding hydrogens is 368 g/mol. The van der Waals surface area contributed by atoms with E-state index in [-0.39, 0.29) is 30.2 Å². The minimum absolute atomic E-state index is 0.00784. The highest BCUT2D eigenvalue weighted by molar-refractivity contribution is 7.92. The van der Waals surface area contributed by atoms with Crippen molar-refractivity contribution in [2.45, 2.75) is 31.1 Å². The van der Waals surface area contributed by atoms with Gasteiger partial charge in [0, 0.05) is 18.8 Å². The number of hydrogen-bond donors (Lipinski definition) is 2. The third-order valence-electron chi connectivity index (χ3n) is 4.03. The number of rotatable bonds is 8. The van der Waals surface area contributed by atoms with E-state index in [9.17, 15) is 21.6 Å². The predicted octanol–water partition coefficient (Wildman–Crippen LogP) is 1.32. The maximum atomic E-state index is 12.5. The Labute approximate surface area is 147 Å². The zero-order chi connectivity index (χ0) is 18.7. The van der Waals surface area contributed by atoms with Gasteiger partial charge in [-0.3, -0.25) is 9.52 Å². The van der Waals surface area contributed by atoms with Crippen LogP contribution in [-0.2, 0) is 24.8 Å². The van der Waals surface area contributed by atoms with Crippen molar-refractivity contribution >= 4 is 31.7 Å². The molecule has 1 fully saturated rings. The van der Waals surface area contributed by atoms with Gasteiger partial charge in [-0.1, -0.05) is 13.3 Å². The average Bonchev–Trinajstić information content (AvgIpc) is 3.04. The van der Waals surface area contributed by atoms with Crippen molar-refractivity contribution in [3.8, 4) is 0 Å². The molecule has 1 aliphatic rings. The molecule has 8 nitrogen and oxygen atoms in total. The normalized spacial score (nSPS) is 19.0. The summed E-state index contributed by atoms with van der Waals surface area (Å²) in [4.78, 5) is 11.0. The molecule has 2 N–H and O–H groups in total. The number of unbranched alkanes of at least 4 members (excludes halogenated alkanes) is 1. The molecule has 1 aromatic carbocycles. The second-order valence-electron chi connectivity index (χ2n) is 5.99. The predicted molar refractivity (Wildman–Crippen MR) is 93.3 cm³/mol. The van der Waals surface area contributed by atoms with E-state index in [0.29, 0.717) is 12.1 Å². The number of sulfonamides is 2. The summed E-state index contributed by atoms with van der Waals surface area (Å²) in [6.45, 7) is 2.00. The van der Waals surface area contributed by atoms with Crippen LogP contribution in [0.4, 0.5) is 5.69 Å². The van der Waals surface area contributed by atoms with Crippen LogP contribution in [0, 0.1) is 5.92 Å². The number of carbonyl (C=O) groups is 1. The summed E-state index contributed by atoms with van der Waals surface area (Å²) in [5.74, 6) is -1.69. The monoisotopic (exact) mass is 390 g/mol. The largest absolute Gasteiger partial charge is 0.481 e. The van der Waals surface area contributed by atoms with Crippen LogP contribution in [0.5, 0.6) is 0 Å². The van der Waals surface area contributed by atoms with Crippen molar-refractivity contribution in [1.29, 1.82) is 0 Å². The Morgan fingerprint density at radius 2 is 1.88 bits per heavy atom. The standard InChI is InChI=1S/C15H22N2O6S2/c1-2-3-10-24(20,21)16-13-4-6-14(7-5-13)25(22,23)17-9-8-12(11-17)15(18)19/h4-7,12,16H,2-3,8-11H2,1H3,(H,18,19). The van der Waals surface area contributed by atoms with E-state index in [1.54, 1.807) is 0 Å². The Kier molecular flexibility index (Phi) is 6.07. The second-order valence-corrected chi connectivity index (χ2v) is 9.77. The van der Waals surface area contributed by atoms with Gasteiger partial charge < -0.3 is 5.11 Å². The van der Waals surface area contributed by atoms with E-state index in [1.807, 2.05) is 6.92 Å². The molecular formula is C15H22N2O6S2. The van der Waals surface area contributed by atoms with Gasteiger partial charge >= 0.3 is 5.97 Å². The topological polar surface area (TPSA) is 121 Å². The maximum absolute atomic E-state index is 12.5. The lowest BCUT2D eigenvalue weighted by Gasteiger charge is -2.16. The minimum Gasteiger partial charge on any atom is -0.481 e. The molecule has 1 unspecified atom stereocenters. The quantitative estimate of drug-likeness (QED) is 0.691. The van der Waals surface area contributed by atoms with Crippen LogP contribution in [-0.4, -0.2) is 51.1 Å². The summed E-state index contributed by atoms with van der Waals surface area (Å²) in [6, 6.07) is 5.42. The van der Waals surface area contributed by atoms with Crippen molar-refractivity contribution in [3.63, 3.8) is 0 Å². The minimum atomic E-state index is -3.79. The first-order chi connectivity index (χ1) is 11.7. The molecule has 1 aliphatic heterocycles. The Bertz CT molecular complexity index is 818. The molecule has 25 heavy (non-hydrogen) atoms. The molecule has 0 saturated carbocycles. The molecule has 1 aromatic rings. The number of nitrogens with one attached hydrogen (secondary N) is 1. The van der Waals surface area contributed by atoms with Gasteiger partial charge in [0.25, 0.3) is 0 Å².